The Labute approximate surface area is 257 Å². The van der Waals surface area contributed by atoms with E-state index in [1.54, 1.807) is 0 Å². The van der Waals surface area contributed by atoms with E-state index in [-0.39, 0.29) is 55.7 Å². The molecule has 1 saturated heterocycles. The second-order valence-corrected chi connectivity index (χ2v) is 16.1. The van der Waals surface area contributed by atoms with E-state index in [0.29, 0.717) is 6.54 Å². The van der Waals surface area contributed by atoms with Crippen LogP contribution in [-0.4, -0.2) is 89.9 Å². The minimum absolute atomic E-state index is 0. The number of ether oxygens (including phenoxy) is 2. The van der Waals surface area contributed by atoms with Gasteiger partial charge in [-0.15, -0.1) is 6.42 Å². The number of hydrogen-bond acceptors (Lipinski definition) is 15. The van der Waals surface area contributed by atoms with Crippen LogP contribution in [0.15, 0.2) is 17.3 Å². The number of phosphoric acid groups is 3. The summed E-state index contributed by atoms with van der Waals surface area (Å²) in [5.41, 5.74) is 5.57. The van der Waals surface area contributed by atoms with Crippen molar-refractivity contribution in [3.63, 3.8) is 0 Å². The predicted molar refractivity (Wildman–Crippen MR) is 144 cm³/mol. The molecule has 2 aliphatic rings. The van der Waals surface area contributed by atoms with Crippen LogP contribution in [0.2, 0.25) is 0 Å². The van der Waals surface area contributed by atoms with Crippen LogP contribution in [0.3, 0.4) is 0 Å². The molecule has 18 nitrogen and oxygen atoms in total. The van der Waals surface area contributed by atoms with Crippen molar-refractivity contribution in [1.82, 2.24) is 10.2 Å². The molecule has 2 rings (SSSR count). The number of amides is 1. The third-order valence-corrected chi connectivity index (χ3v) is 11.6. The van der Waals surface area contributed by atoms with Crippen LogP contribution in [0.5, 0.6) is 0 Å². The number of aliphatic hydroxyl groups is 1. The van der Waals surface area contributed by atoms with Gasteiger partial charge in [0, 0.05) is 44.3 Å². The van der Waals surface area contributed by atoms with E-state index in [0.717, 1.165) is 0 Å². The molecule has 6 atom stereocenters. The van der Waals surface area contributed by atoms with Crippen LogP contribution in [0.4, 0.5) is 0 Å². The Bertz CT molecular complexity index is 1100. The zero-order valence-corrected chi connectivity index (χ0v) is 28.7. The fraction of sp³-hybridized carbons (Fsp3) is 0.706. The Hall–Kier alpha value is 0.132. The fourth-order valence-corrected chi connectivity index (χ4v) is 8.34. The third kappa shape index (κ3) is 14.6. The van der Waals surface area contributed by atoms with E-state index in [1.807, 2.05) is 13.8 Å². The quantitative estimate of drug-likeness (QED) is 0.0371. The van der Waals surface area contributed by atoms with Gasteiger partial charge in [-0.3, -0.25) is 9.32 Å². The first kappa shape index (κ1) is 39.2. The number of hydrogen-bond donors (Lipinski definition) is 7. The Morgan fingerprint density at radius 3 is 2.51 bits per heavy atom. The summed E-state index contributed by atoms with van der Waals surface area (Å²) in [5, 5.41) is 13.0. The number of amidine groups is 1. The SMILES string of the molecule is [CH2-]CC(=O)NCC(C)(C)SSCOC1C[C@H](N2C=CC(N)=NC2O)O[C@@H]1COP(=O)(O)OP(=O)(O)OP(=O)(O)O.[Re]. The number of carbonyl (C=O) groups is 1. The summed E-state index contributed by atoms with van der Waals surface area (Å²) in [6, 6.07) is 0. The average Bonchev–Trinajstić information content (AvgIpc) is 3.19. The second-order valence-electron chi connectivity index (χ2n) is 8.73. The maximum Gasteiger partial charge on any atom is 0.490 e. The van der Waals surface area contributed by atoms with Crippen LogP contribution in [0, 0.1) is 6.92 Å². The predicted octanol–water partition coefficient (Wildman–Crippen LogP) is 0.748. The molecule has 0 aromatic rings. The molecule has 4 unspecified atom stereocenters. The summed E-state index contributed by atoms with van der Waals surface area (Å²) in [6.45, 7) is 6.96. The van der Waals surface area contributed by atoms with Gasteiger partial charge in [-0.1, -0.05) is 21.6 Å². The second kappa shape index (κ2) is 16.4. The van der Waals surface area contributed by atoms with Gasteiger partial charge >= 0.3 is 23.5 Å². The van der Waals surface area contributed by atoms with E-state index < -0.39 is 54.9 Å². The largest absolute Gasteiger partial charge is 0.490 e. The maximum atomic E-state index is 12.2. The van der Waals surface area contributed by atoms with Crippen molar-refractivity contribution < 1.29 is 86.2 Å². The van der Waals surface area contributed by atoms with Crippen molar-refractivity contribution in [1.29, 1.82) is 0 Å². The van der Waals surface area contributed by atoms with Gasteiger partial charge in [0.2, 0.25) is 6.35 Å². The topological polar surface area (TPSA) is 269 Å². The smallest absolute Gasteiger partial charge is 0.384 e. The number of rotatable bonds is 16. The molecule has 1 radical (unpaired) electrons. The third-order valence-electron chi connectivity index (χ3n) is 4.83. The summed E-state index contributed by atoms with van der Waals surface area (Å²) in [5.74, 6) is -0.0305. The van der Waals surface area contributed by atoms with E-state index in [2.05, 4.69) is 25.9 Å². The maximum absolute atomic E-state index is 12.2. The molecule has 0 bridgehead atoms. The van der Waals surface area contributed by atoms with Crippen molar-refractivity contribution >= 4 is 56.8 Å². The van der Waals surface area contributed by atoms with Crippen LogP contribution in [-0.2, 0) is 61.5 Å². The number of aliphatic imine (C=N–C) groups is 1. The van der Waals surface area contributed by atoms with Crippen molar-refractivity contribution in [2.45, 2.75) is 56.2 Å². The summed E-state index contributed by atoms with van der Waals surface area (Å²) in [7, 11) is -13.9. The molecular formula is C17H32N4O14P3ReS2-. The summed E-state index contributed by atoms with van der Waals surface area (Å²) in [6.07, 6.45) is -1.10. The number of aliphatic hydroxyl groups excluding tert-OH is 1. The van der Waals surface area contributed by atoms with Gasteiger partial charge in [0.15, 0.2) is 5.91 Å². The van der Waals surface area contributed by atoms with Gasteiger partial charge in [0.25, 0.3) is 0 Å². The van der Waals surface area contributed by atoms with Gasteiger partial charge < -0.3 is 57.0 Å². The Morgan fingerprint density at radius 2 is 1.93 bits per heavy atom. The first-order valence-corrected chi connectivity index (χ1v) is 18.0. The van der Waals surface area contributed by atoms with Gasteiger partial charge in [-0.25, -0.2) is 18.7 Å². The van der Waals surface area contributed by atoms with Crippen molar-refractivity contribution in [3.8, 4) is 0 Å². The molecule has 0 spiro atoms. The number of nitrogens with two attached hydrogens (primary N) is 1. The molecule has 2 heterocycles. The molecule has 0 saturated carbocycles. The number of nitrogens with zero attached hydrogens (tertiary/aromatic N) is 2. The summed E-state index contributed by atoms with van der Waals surface area (Å²) in [4.78, 5) is 53.0. The fourth-order valence-electron chi connectivity index (χ4n) is 3.14. The van der Waals surface area contributed by atoms with Crippen LogP contribution in [0.1, 0.15) is 26.7 Å². The first-order chi connectivity index (χ1) is 18.3. The van der Waals surface area contributed by atoms with E-state index in [1.165, 1.54) is 38.8 Å². The summed E-state index contributed by atoms with van der Waals surface area (Å²) < 4.78 is 58.0. The van der Waals surface area contributed by atoms with E-state index in [4.69, 9.17) is 29.5 Å². The standard InChI is InChI=1S/C17H32N4O14P3S2.Re/c1-4-14(22)19-9-17(2,3)40-39-10-31-11-7-15(21-6-5-13(18)20-16(21)23)33-12(11)8-32-37(27,28)35-38(29,30)34-36(24,25)26;/h5-6,11-12,15-16,23H,1,4,7-10H2,2-3H3,(H2,18,20)(H,19,22)(H,27,28)(H,29,30)(H2,24,25,26);/q-1;/t11?,12-,15-,16?;/m1./s1. The van der Waals surface area contributed by atoms with Crippen molar-refractivity contribution in [2.24, 2.45) is 10.7 Å². The van der Waals surface area contributed by atoms with Gasteiger partial charge in [0.05, 0.1) is 12.7 Å². The molecule has 8 N–H and O–H groups in total. The minimum Gasteiger partial charge on any atom is -0.384 e. The van der Waals surface area contributed by atoms with E-state index >= 15 is 0 Å². The van der Waals surface area contributed by atoms with Gasteiger partial charge in [-0.05, 0) is 19.9 Å². The van der Waals surface area contributed by atoms with Gasteiger partial charge in [-0.2, -0.15) is 8.62 Å². The Balaban J connectivity index is 0.00000840. The molecule has 1 fully saturated rings. The van der Waals surface area contributed by atoms with E-state index in [9.17, 15) is 33.4 Å². The molecule has 239 valence electrons. The molecule has 0 aromatic carbocycles. The average molecular weight is 860 g/mol. The van der Waals surface area contributed by atoms with Crippen LogP contribution in [0.25, 0.3) is 0 Å². The number of nitrogens with one attached hydrogen (secondary N) is 1. The number of phosphoric ester groups is 1. The zero-order chi connectivity index (χ0) is 30.4. The molecule has 1 amide bonds. The number of carbonyl (C=O) groups excluding carboxylic acids is 1. The zero-order valence-electron chi connectivity index (χ0n) is 21.6. The molecule has 0 aliphatic carbocycles. The molecule has 2 aliphatic heterocycles. The Morgan fingerprint density at radius 1 is 1.27 bits per heavy atom. The van der Waals surface area contributed by atoms with Crippen molar-refractivity contribution in [2.75, 3.05) is 19.1 Å². The molecule has 0 aromatic heterocycles. The first-order valence-electron chi connectivity index (χ1n) is 11.2. The normalized spacial score (nSPS) is 26.0. The monoisotopic (exact) mass is 860 g/mol. The van der Waals surface area contributed by atoms with Gasteiger partial charge in [0.1, 0.15) is 24.1 Å². The Kier molecular flexibility index (Phi) is 15.7. The summed E-state index contributed by atoms with van der Waals surface area (Å²) >= 11 is 0. The van der Waals surface area contributed by atoms with Crippen LogP contribution >= 0.6 is 45.1 Å². The molecule has 41 heavy (non-hydrogen) atoms. The molecular weight excluding hydrogens is 827 g/mol. The molecule has 24 heteroatoms. The minimum atomic E-state index is -5.70. The van der Waals surface area contributed by atoms with Crippen molar-refractivity contribution in [3.05, 3.63) is 19.2 Å². The van der Waals surface area contributed by atoms with Crippen LogP contribution < -0.4 is 11.1 Å².